The quantitative estimate of drug-likeness (QED) is 0.127. The molecule has 0 spiro atoms. The molecule has 1 aliphatic heterocycles. The molecule has 0 saturated carbocycles. The summed E-state index contributed by atoms with van der Waals surface area (Å²) in [6, 6.07) is 26.2. The SMILES string of the molecule is CC(C)(C)c1ccc2c(c1)Oc1ccc/c(=C\C3=C(O)C(=C\c4cccc5[o+]c6cc(C(C)(C)C)ccc6cc45)/C3=O)c1=C2. The van der Waals surface area contributed by atoms with Crippen LogP contribution >= 0.6 is 0 Å². The Hall–Kier alpha value is -4.96. The summed E-state index contributed by atoms with van der Waals surface area (Å²) < 4.78 is 12.6. The topological polar surface area (TPSA) is 57.8 Å². The standard InChI is InChI=1S/C40H34O4/c1-39(2,3)27-15-13-25-19-29-23(9-7-11-33(29)43-35(25)21-27)17-31-37(41)32(38(31)42)18-24-10-8-12-34-30(24)20-26-14-16-28(40(4,5)6)22-36(26)44-34/h7-22H,1-6H3/p+1. The number of benzene rings is 4. The maximum Gasteiger partial charge on any atom is 0.361 e. The first-order valence-electron chi connectivity index (χ1n) is 15.0. The number of ketones is 1. The Balaban J connectivity index is 1.28. The number of fused-ring (bicyclic) bond motifs is 4. The van der Waals surface area contributed by atoms with Gasteiger partial charge >= 0.3 is 11.2 Å². The van der Waals surface area contributed by atoms with Gasteiger partial charge in [-0.2, -0.15) is 0 Å². The fourth-order valence-electron chi connectivity index (χ4n) is 5.85. The van der Waals surface area contributed by atoms with Crippen LogP contribution in [0.2, 0.25) is 0 Å². The molecule has 0 unspecified atom stereocenters. The first-order chi connectivity index (χ1) is 20.9. The highest BCUT2D eigenvalue weighted by Gasteiger charge is 2.32. The lowest BCUT2D eigenvalue weighted by Gasteiger charge is -2.22. The summed E-state index contributed by atoms with van der Waals surface area (Å²) >= 11 is 0. The predicted octanol–water partition coefficient (Wildman–Crippen LogP) is 8.66. The molecule has 4 heteroatoms. The molecule has 218 valence electrons. The lowest BCUT2D eigenvalue weighted by molar-refractivity contribution is -0.113. The van der Waals surface area contributed by atoms with Crippen molar-refractivity contribution in [2.75, 3.05) is 0 Å². The maximum atomic E-state index is 13.4. The van der Waals surface area contributed by atoms with Gasteiger partial charge in [-0.15, -0.1) is 0 Å². The number of carbonyl (C=O) groups is 1. The van der Waals surface area contributed by atoms with Crippen molar-refractivity contribution in [3.05, 3.63) is 128 Å². The first-order valence-corrected chi connectivity index (χ1v) is 15.0. The number of allylic oxidation sites excluding steroid dienone is 2. The van der Waals surface area contributed by atoms with Crippen LogP contribution in [-0.2, 0) is 15.6 Å². The van der Waals surface area contributed by atoms with Gasteiger partial charge in [0.2, 0.25) is 5.78 Å². The van der Waals surface area contributed by atoms with E-state index in [-0.39, 0.29) is 33.5 Å². The van der Waals surface area contributed by atoms with E-state index in [1.165, 1.54) is 11.1 Å². The van der Waals surface area contributed by atoms with Gasteiger partial charge in [0, 0.05) is 22.9 Å². The number of ether oxygens (including phenoxy) is 1. The molecule has 4 nitrogen and oxygen atoms in total. The van der Waals surface area contributed by atoms with Crippen LogP contribution in [0.1, 0.15) is 63.8 Å². The van der Waals surface area contributed by atoms with Gasteiger partial charge in [-0.05, 0) is 75.2 Å². The Morgan fingerprint density at radius 1 is 0.750 bits per heavy atom. The summed E-state index contributed by atoms with van der Waals surface area (Å²) in [6.45, 7) is 13.1. The van der Waals surface area contributed by atoms with E-state index in [1.54, 1.807) is 12.2 Å². The summed E-state index contributed by atoms with van der Waals surface area (Å²) in [5.74, 6) is 1.33. The molecule has 1 aliphatic carbocycles. The number of Topliss-reactive ketones (excluding diaryl/α,β-unsaturated/α-hetero) is 1. The third-order valence-electron chi connectivity index (χ3n) is 8.60. The van der Waals surface area contributed by atoms with Crippen molar-refractivity contribution in [3.8, 4) is 11.5 Å². The Bertz CT molecular complexity index is 2230. The van der Waals surface area contributed by atoms with E-state index in [4.69, 9.17) is 9.15 Å². The predicted molar refractivity (Wildman–Crippen MR) is 178 cm³/mol. The maximum absolute atomic E-state index is 13.4. The highest BCUT2D eigenvalue weighted by atomic mass is 16.5. The fourth-order valence-corrected chi connectivity index (χ4v) is 5.85. The van der Waals surface area contributed by atoms with Crippen molar-refractivity contribution >= 4 is 45.9 Å². The Morgan fingerprint density at radius 3 is 2.23 bits per heavy atom. The van der Waals surface area contributed by atoms with E-state index in [1.807, 2.05) is 36.4 Å². The van der Waals surface area contributed by atoms with Crippen LogP contribution in [0.5, 0.6) is 11.5 Å². The summed E-state index contributed by atoms with van der Waals surface area (Å²) in [5, 5.41) is 14.6. The Kier molecular flexibility index (Phi) is 6.19. The van der Waals surface area contributed by atoms with E-state index in [9.17, 15) is 9.90 Å². The minimum atomic E-state index is -0.198. The lowest BCUT2D eigenvalue weighted by Crippen LogP contribution is -2.30. The largest absolute Gasteiger partial charge is 0.506 e. The van der Waals surface area contributed by atoms with Gasteiger partial charge in [-0.1, -0.05) is 84.0 Å². The summed E-state index contributed by atoms with van der Waals surface area (Å²) in [7, 11) is 0. The second kappa shape index (κ2) is 9.78. The number of hydrogen-bond donors (Lipinski definition) is 1. The van der Waals surface area contributed by atoms with E-state index < -0.39 is 0 Å². The van der Waals surface area contributed by atoms with Crippen LogP contribution in [0.15, 0.2) is 100 Å². The zero-order chi connectivity index (χ0) is 31.0. The van der Waals surface area contributed by atoms with Gasteiger partial charge in [-0.25, -0.2) is 4.42 Å². The molecule has 1 N–H and O–H groups in total. The highest BCUT2D eigenvalue weighted by Crippen LogP contribution is 2.36. The zero-order valence-electron chi connectivity index (χ0n) is 25.9. The van der Waals surface area contributed by atoms with Crippen molar-refractivity contribution in [2.24, 2.45) is 0 Å². The summed E-state index contributed by atoms with van der Waals surface area (Å²) in [6.07, 6.45) is 5.58. The van der Waals surface area contributed by atoms with Crippen LogP contribution < -0.4 is 15.2 Å². The van der Waals surface area contributed by atoms with Crippen LogP contribution in [0, 0.1) is 0 Å². The van der Waals surface area contributed by atoms with Crippen LogP contribution in [-0.4, -0.2) is 10.9 Å². The highest BCUT2D eigenvalue weighted by molar-refractivity contribution is 6.26. The molecule has 5 aromatic rings. The van der Waals surface area contributed by atoms with Gasteiger partial charge in [0.05, 0.1) is 21.9 Å². The van der Waals surface area contributed by atoms with Gasteiger partial charge < -0.3 is 9.84 Å². The molecular weight excluding hydrogens is 544 g/mol. The molecule has 0 fully saturated rings. The molecule has 4 aromatic carbocycles. The second-order valence-corrected chi connectivity index (χ2v) is 13.8. The van der Waals surface area contributed by atoms with Crippen LogP contribution in [0.25, 0.3) is 40.2 Å². The normalized spacial score (nSPS) is 16.1. The van der Waals surface area contributed by atoms with E-state index in [0.29, 0.717) is 0 Å². The molecule has 0 radical (unpaired) electrons. The molecule has 7 rings (SSSR count). The molecule has 44 heavy (non-hydrogen) atoms. The lowest BCUT2D eigenvalue weighted by atomic mass is 9.85. The molecule has 0 saturated heterocycles. The molecule has 0 bridgehead atoms. The van der Waals surface area contributed by atoms with E-state index in [0.717, 1.165) is 55.0 Å². The summed E-state index contributed by atoms with van der Waals surface area (Å²) in [4.78, 5) is 13.4. The fraction of sp³-hybridized carbons (Fsp3) is 0.200. The average molecular weight is 580 g/mol. The van der Waals surface area contributed by atoms with Crippen molar-refractivity contribution in [1.29, 1.82) is 0 Å². The second-order valence-electron chi connectivity index (χ2n) is 13.8. The molecule has 2 aliphatic rings. The smallest absolute Gasteiger partial charge is 0.361 e. The van der Waals surface area contributed by atoms with E-state index >= 15 is 0 Å². The molecular formula is C40H35O4+. The third-order valence-corrected chi connectivity index (χ3v) is 8.60. The van der Waals surface area contributed by atoms with Crippen molar-refractivity contribution < 1.29 is 19.1 Å². The minimum Gasteiger partial charge on any atom is -0.506 e. The molecule has 2 heterocycles. The summed E-state index contributed by atoms with van der Waals surface area (Å²) in [5.41, 5.74) is 6.34. The van der Waals surface area contributed by atoms with Crippen molar-refractivity contribution in [1.82, 2.24) is 0 Å². The van der Waals surface area contributed by atoms with Gasteiger partial charge in [-0.3, -0.25) is 4.79 Å². The van der Waals surface area contributed by atoms with Crippen molar-refractivity contribution in [2.45, 2.75) is 52.4 Å². The van der Waals surface area contributed by atoms with Gasteiger partial charge in [0.1, 0.15) is 17.3 Å². The molecule has 0 atom stereocenters. The van der Waals surface area contributed by atoms with Crippen LogP contribution in [0.4, 0.5) is 0 Å². The Morgan fingerprint density at radius 2 is 1.48 bits per heavy atom. The van der Waals surface area contributed by atoms with Crippen LogP contribution in [0.3, 0.4) is 0 Å². The monoisotopic (exact) mass is 579 g/mol. The van der Waals surface area contributed by atoms with E-state index in [2.05, 4.69) is 90.1 Å². The zero-order valence-corrected chi connectivity index (χ0v) is 25.9. The minimum absolute atomic E-state index is 0.0101. The first kappa shape index (κ1) is 27.8. The molecule has 0 amide bonds. The van der Waals surface area contributed by atoms with Gasteiger partial charge in [0.25, 0.3) is 0 Å². The number of hydrogen-bond acceptors (Lipinski definition) is 3. The average Bonchev–Trinajstić information content (AvgIpc) is 2.99. The van der Waals surface area contributed by atoms with Crippen molar-refractivity contribution in [3.63, 3.8) is 0 Å². The third kappa shape index (κ3) is 4.71. The molecule has 1 aromatic heterocycles. The number of carbonyl (C=O) groups excluding carboxylic acids is 1. The number of aliphatic hydroxyl groups is 1. The Labute approximate surface area is 256 Å². The van der Waals surface area contributed by atoms with Gasteiger partial charge in [0.15, 0.2) is 0 Å². The number of rotatable bonds is 2. The number of aliphatic hydroxyl groups excluding tert-OH is 1.